The standard InChI is InChI=1S/C16H16N2O4/c1-10-5-3-6-11(9-10)12-7-4-8-13(18(2)16(20)21)14(12)22-15(17)19/h3-9H,1-2H3,(H2,17,19)(H,20,21). The van der Waals surface area contributed by atoms with E-state index in [-0.39, 0.29) is 11.4 Å². The molecule has 0 aliphatic heterocycles. The Kier molecular flexibility index (Phi) is 4.31. The molecule has 0 aliphatic rings. The van der Waals surface area contributed by atoms with Gasteiger partial charge in [-0.3, -0.25) is 4.90 Å². The highest BCUT2D eigenvalue weighted by atomic mass is 16.5. The number of rotatable bonds is 3. The van der Waals surface area contributed by atoms with E-state index in [4.69, 9.17) is 15.6 Å². The number of hydrogen-bond acceptors (Lipinski definition) is 3. The fraction of sp³-hybridized carbons (Fsp3) is 0.125. The highest BCUT2D eigenvalue weighted by Gasteiger charge is 2.20. The van der Waals surface area contributed by atoms with Gasteiger partial charge in [0.05, 0.1) is 5.69 Å². The molecule has 0 aromatic heterocycles. The lowest BCUT2D eigenvalue weighted by atomic mass is 10.0. The smallest absolute Gasteiger partial charge is 0.411 e. The Labute approximate surface area is 127 Å². The first-order valence-electron chi connectivity index (χ1n) is 6.54. The van der Waals surface area contributed by atoms with Gasteiger partial charge in [0, 0.05) is 12.6 Å². The minimum Gasteiger partial charge on any atom is -0.465 e. The summed E-state index contributed by atoms with van der Waals surface area (Å²) in [5.41, 5.74) is 7.78. The van der Waals surface area contributed by atoms with Crippen molar-refractivity contribution in [3.63, 3.8) is 0 Å². The van der Waals surface area contributed by atoms with E-state index >= 15 is 0 Å². The summed E-state index contributed by atoms with van der Waals surface area (Å²) in [5.74, 6) is 0.116. The zero-order valence-corrected chi connectivity index (χ0v) is 12.2. The Hall–Kier alpha value is -3.02. The fourth-order valence-corrected chi connectivity index (χ4v) is 2.14. The Balaban J connectivity index is 2.65. The minimum absolute atomic E-state index is 0.116. The first-order valence-corrected chi connectivity index (χ1v) is 6.54. The zero-order chi connectivity index (χ0) is 16.3. The largest absolute Gasteiger partial charge is 0.465 e. The van der Waals surface area contributed by atoms with Crippen molar-refractivity contribution in [3.8, 4) is 16.9 Å². The van der Waals surface area contributed by atoms with E-state index in [1.807, 2.05) is 31.2 Å². The summed E-state index contributed by atoms with van der Waals surface area (Å²) in [5, 5.41) is 9.15. The number of nitrogens with zero attached hydrogens (tertiary/aromatic N) is 1. The SMILES string of the molecule is Cc1cccc(-c2cccc(N(C)C(=O)O)c2OC(N)=O)c1. The van der Waals surface area contributed by atoms with Crippen LogP contribution in [0.3, 0.4) is 0 Å². The number of aryl methyl sites for hydroxylation is 1. The van der Waals surface area contributed by atoms with Gasteiger partial charge in [0.2, 0.25) is 0 Å². The van der Waals surface area contributed by atoms with Crippen LogP contribution in [0.5, 0.6) is 5.75 Å². The van der Waals surface area contributed by atoms with Gasteiger partial charge in [-0.25, -0.2) is 9.59 Å². The summed E-state index contributed by atoms with van der Waals surface area (Å²) < 4.78 is 5.08. The maximum Gasteiger partial charge on any atom is 0.411 e. The molecule has 2 aromatic carbocycles. The molecule has 0 radical (unpaired) electrons. The maximum atomic E-state index is 11.2. The van der Waals surface area contributed by atoms with Gasteiger partial charge in [0.25, 0.3) is 0 Å². The number of primary amides is 1. The lowest BCUT2D eigenvalue weighted by molar-refractivity contribution is 0.201. The predicted octanol–water partition coefficient (Wildman–Crippen LogP) is 3.23. The van der Waals surface area contributed by atoms with Crippen molar-refractivity contribution in [2.45, 2.75) is 6.92 Å². The van der Waals surface area contributed by atoms with E-state index in [0.29, 0.717) is 5.56 Å². The second kappa shape index (κ2) is 6.17. The third kappa shape index (κ3) is 3.17. The number of benzene rings is 2. The average Bonchev–Trinajstić information content (AvgIpc) is 2.46. The molecule has 2 rings (SSSR count). The zero-order valence-electron chi connectivity index (χ0n) is 12.2. The van der Waals surface area contributed by atoms with Gasteiger partial charge in [-0.1, -0.05) is 42.0 Å². The van der Waals surface area contributed by atoms with Crippen molar-refractivity contribution in [3.05, 3.63) is 48.0 Å². The van der Waals surface area contributed by atoms with E-state index in [9.17, 15) is 9.59 Å². The summed E-state index contributed by atoms with van der Waals surface area (Å²) in [7, 11) is 1.37. The van der Waals surface area contributed by atoms with Crippen LogP contribution in [0, 0.1) is 6.92 Å². The molecule has 0 fully saturated rings. The molecule has 114 valence electrons. The number of nitrogens with two attached hydrogens (primary N) is 1. The topological polar surface area (TPSA) is 92.9 Å². The van der Waals surface area contributed by atoms with Crippen LogP contribution in [0.25, 0.3) is 11.1 Å². The average molecular weight is 300 g/mol. The van der Waals surface area contributed by atoms with Crippen LogP contribution in [-0.2, 0) is 0 Å². The van der Waals surface area contributed by atoms with Gasteiger partial charge >= 0.3 is 12.2 Å². The second-order valence-corrected chi connectivity index (χ2v) is 4.79. The molecule has 2 aromatic rings. The van der Waals surface area contributed by atoms with Gasteiger partial charge in [0.1, 0.15) is 0 Å². The molecule has 0 bridgehead atoms. The number of carbonyl (C=O) groups is 2. The molecule has 2 amide bonds. The molecule has 0 spiro atoms. The first-order chi connectivity index (χ1) is 10.4. The van der Waals surface area contributed by atoms with Crippen molar-refractivity contribution >= 4 is 17.9 Å². The van der Waals surface area contributed by atoms with Crippen molar-refractivity contribution in [2.75, 3.05) is 11.9 Å². The Bertz CT molecular complexity index is 728. The Morgan fingerprint density at radius 3 is 2.45 bits per heavy atom. The summed E-state index contributed by atoms with van der Waals surface area (Å²) in [6.45, 7) is 1.94. The highest BCUT2D eigenvalue weighted by molar-refractivity contribution is 5.92. The number of carbonyl (C=O) groups excluding carboxylic acids is 1. The van der Waals surface area contributed by atoms with E-state index in [2.05, 4.69) is 0 Å². The Morgan fingerprint density at radius 1 is 1.18 bits per heavy atom. The van der Waals surface area contributed by atoms with Crippen LogP contribution >= 0.6 is 0 Å². The normalized spacial score (nSPS) is 10.1. The quantitative estimate of drug-likeness (QED) is 0.910. The fourth-order valence-electron chi connectivity index (χ4n) is 2.14. The number of ether oxygens (including phenoxy) is 1. The molecule has 0 saturated carbocycles. The highest BCUT2D eigenvalue weighted by Crippen LogP contribution is 2.38. The van der Waals surface area contributed by atoms with Crippen LogP contribution in [0.4, 0.5) is 15.3 Å². The van der Waals surface area contributed by atoms with Crippen LogP contribution in [-0.4, -0.2) is 24.3 Å². The van der Waals surface area contributed by atoms with Crippen molar-refractivity contribution in [1.82, 2.24) is 0 Å². The summed E-state index contributed by atoms with van der Waals surface area (Å²) in [6.07, 6.45) is -2.17. The molecule has 6 heteroatoms. The number of para-hydroxylation sites is 1. The van der Waals surface area contributed by atoms with Gasteiger partial charge in [-0.2, -0.15) is 0 Å². The lowest BCUT2D eigenvalue weighted by Crippen LogP contribution is -2.26. The Morgan fingerprint density at radius 2 is 1.86 bits per heavy atom. The summed E-state index contributed by atoms with van der Waals surface area (Å²) in [6, 6.07) is 12.5. The molecule has 0 heterocycles. The van der Waals surface area contributed by atoms with Crippen LogP contribution in [0.2, 0.25) is 0 Å². The van der Waals surface area contributed by atoms with Gasteiger partial charge in [-0.05, 0) is 18.6 Å². The number of carboxylic acid groups (broad SMARTS) is 1. The van der Waals surface area contributed by atoms with Crippen LogP contribution in [0.15, 0.2) is 42.5 Å². The van der Waals surface area contributed by atoms with Crippen molar-refractivity contribution in [2.24, 2.45) is 5.73 Å². The van der Waals surface area contributed by atoms with Crippen LogP contribution in [0.1, 0.15) is 5.56 Å². The molecule has 0 atom stereocenters. The van der Waals surface area contributed by atoms with E-state index in [0.717, 1.165) is 16.0 Å². The first kappa shape index (κ1) is 15.4. The monoisotopic (exact) mass is 300 g/mol. The van der Waals surface area contributed by atoms with Crippen molar-refractivity contribution < 1.29 is 19.4 Å². The lowest BCUT2D eigenvalue weighted by Gasteiger charge is -2.19. The van der Waals surface area contributed by atoms with E-state index < -0.39 is 12.2 Å². The van der Waals surface area contributed by atoms with Crippen LogP contribution < -0.4 is 15.4 Å². The molecule has 0 saturated heterocycles. The molecular weight excluding hydrogens is 284 g/mol. The molecule has 3 N–H and O–H groups in total. The third-order valence-corrected chi connectivity index (χ3v) is 3.17. The molecular formula is C16H16N2O4. The summed E-state index contributed by atoms with van der Waals surface area (Å²) in [4.78, 5) is 23.4. The molecule has 22 heavy (non-hydrogen) atoms. The van der Waals surface area contributed by atoms with Crippen molar-refractivity contribution in [1.29, 1.82) is 0 Å². The van der Waals surface area contributed by atoms with E-state index in [1.54, 1.807) is 18.2 Å². The maximum absolute atomic E-state index is 11.2. The molecule has 0 aliphatic carbocycles. The minimum atomic E-state index is -1.17. The number of hydrogen-bond donors (Lipinski definition) is 2. The second-order valence-electron chi connectivity index (χ2n) is 4.79. The van der Waals surface area contributed by atoms with E-state index in [1.165, 1.54) is 7.05 Å². The number of anilines is 1. The molecule has 0 unspecified atom stereocenters. The summed E-state index contributed by atoms with van der Waals surface area (Å²) >= 11 is 0. The van der Waals surface area contributed by atoms with Gasteiger partial charge < -0.3 is 15.6 Å². The predicted molar refractivity (Wildman–Crippen MR) is 83.3 cm³/mol. The molecule has 6 nitrogen and oxygen atoms in total. The van der Waals surface area contributed by atoms with Gasteiger partial charge in [-0.15, -0.1) is 0 Å². The third-order valence-electron chi connectivity index (χ3n) is 3.17. The van der Waals surface area contributed by atoms with Gasteiger partial charge in [0.15, 0.2) is 5.75 Å². The number of amides is 2.